The van der Waals surface area contributed by atoms with E-state index in [-0.39, 0.29) is 6.10 Å². The van der Waals surface area contributed by atoms with Gasteiger partial charge in [0, 0.05) is 11.8 Å². The van der Waals surface area contributed by atoms with Crippen molar-refractivity contribution in [2.45, 2.75) is 6.10 Å². The van der Waals surface area contributed by atoms with Gasteiger partial charge in [0.2, 0.25) is 0 Å². The zero-order valence-electron chi connectivity index (χ0n) is 7.07. The van der Waals surface area contributed by atoms with E-state index in [1.165, 1.54) is 0 Å². The van der Waals surface area contributed by atoms with E-state index < -0.39 is 0 Å². The van der Waals surface area contributed by atoms with E-state index in [4.69, 9.17) is 9.47 Å². The number of hydrogen-bond donors (Lipinski definition) is 0. The number of hydrogen-bond acceptors (Lipinski definition) is 3. The van der Waals surface area contributed by atoms with Gasteiger partial charge in [0.1, 0.15) is 10.7 Å². The monoisotopic (exact) mass is 243 g/mol. The number of nitrogens with zero attached hydrogens (tertiary/aromatic N) is 1. The SMILES string of the molecule is Brc1ccc(C2COCCO2)cn1. The molecule has 1 aromatic heterocycles. The Kier molecular flexibility index (Phi) is 2.93. The van der Waals surface area contributed by atoms with Gasteiger partial charge in [0.15, 0.2) is 0 Å². The molecule has 2 heterocycles. The molecule has 0 bridgehead atoms. The second kappa shape index (κ2) is 4.17. The van der Waals surface area contributed by atoms with Crippen molar-refractivity contribution in [3.05, 3.63) is 28.5 Å². The van der Waals surface area contributed by atoms with Gasteiger partial charge in [-0.25, -0.2) is 4.98 Å². The number of rotatable bonds is 1. The molecule has 3 nitrogen and oxygen atoms in total. The Morgan fingerprint density at radius 1 is 1.38 bits per heavy atom. The van der Waals surface area contributed by atoms with E-state index in [9.17, 15) is 0 Å². The maximum absolute atomic E-state index is 5.52. The maximum Gasteiger partial charge on any atom is 0.107 e. The molecule has 0 N–H and O–H groups in total. The number of aromatic nitrogens is 1. The van der Waals surface area contributed by atoms with Crippen molar-refractivity contribution >= 4 is 15.9 Å². The van der Waals surface area contributed by atoms with Crippen LogP contribution >= 0.6 is 15.9 Å². The van der Waals surface area contributed by atoms with Gasteiger partial charge in [0.25, 0.3) is 0 Å². The first-order valence-corrected chi connectivity index (χ1v) is 4.96. The molecule has 0 amide bonds. The van der Waals surface area contributed by atoms with Gasteiger partial charge in [-0.3, -0.25) is 0 Å². The average Bonchev–Trinajstić information content (AvgIpc) is 2.20. The number of halogens is 1. The lowest BCUT2D eigenvalue weighted by atomic mass is 10.2. The molecule has 1 aromatic rings. The molecule has 4 heteroatoms. The molecule has 70 valence electrons. The van der Waals surface area contributed by atoms with Crippen molar-refractivity contribution in [3.63, 3.8) is 0 Å². The summed E-state index contributed by atoms with van der Waals surface area (Å²) in [7, 11) is 0. The largest absolute Gasteiger partial charge is 0.376 e. The molecule has 1 aliphatic rings. The van der Waals surface area contributed by atoms with Crippen LogP contribution in [-0.2, 0) is 9.47 Å². The molecule has 0 radical (unpaired) electrons. The Labute approximate surface area is 85.2 Å². The van der Waals surface area contributed by atoms with Crippen LogP contribution in [0.25, 0.3) is 0 Å². The highest BCUT2D eigenvalue weighted by Crippen LogP contribution is 2.20. The van der Waals surface area contributed by atoms with E-state index in [1.54, 1.807) is 0 Å². The van der Waals surface area contributed by atoms with Crippen molar-refractivity contribution in [1.82, 2.24) is 4.98 Å². The number of pyridine rings is 1. The minimum absolute atomic E-state index is 0.0503. The predicted octanol–water partition coefficient (Wildman–Crippen LogP) is 1.93. The average molecular weight is 244 g/mol. The minimum atomic E-state index is 0.0503. The van der Waals surface area contributed by atoms with Gasteiger partial charge in [-0.15, -0.1) is 0 Å². The molecule has 1 atom stereocenters. The first-order chi connectivity index (χ1) is 6.36. The first kappa shape index (κ1) is 9.12. The van der Waals surface area contributed by atoms with Crippen LogP contribution in [0.5, 0.6) is 0 Å². The summed E-state index contributed by atoms with van der Waals surface area (Å²) in [6.07, 6.45) is 1.86. The van der Waals surface area contributed by atoms with E-state index in [0.717, 1.165) is 10.2 Å². The second-order valence-electron chi connectivity index (χ2n) is 2.85. The van der Waals surface area contributed by atoms with E-state index in [2.05, 4.69) is 20.9 Å². The fourth-order valence-corrected chi connectivity index (χ4v) is 1.49. The minimum Gasteiger partial charge on any atom is -0.376 e. The summed E-state index contributed by atoms with van der Waals surface area (Å²) in [5, 5.41) is 0. The molecule has 1 unspecified atom stereocenters. The van der Waals surface area contributed by atoms with Crippen LogP contribution in [0.4, 0.5) is 0 Å². The van der Waals surface area contributed by atoms with Gasteiger partial charge in [-0.05, 0) is 22.0 Å². The van der Waals surface area contributed by atoms with Crippen LogP contribution in [0.1, 0.15) is 11.7 Å². The Morgan fingerprint density at radius 2 is 2.31 bits per heavy atom. The first-order valence-electron chi connectivity index (χ1n) is 4.17. The van der Waals surface area contributed by atoms with Crippen LogP contribution in [-0.4, -0.2) is 24.8 Å². The van der Waals surface area contributed by atoms with Crippen LogP contribution in [0, 0.1) is 0 Å². The van der Waals surface area contributed by atoms with Crippen LogP contribution in [0.3, 0.4) is 0 Å². The molecule has 1 saturated heterocycles. The summed E-state index contributed by atoms with van der Waals surface area (Å²) in [5.41, 5.74) is 1.07. The zero-order chi connectivity index (χ0) is 9.10. The van der Waals surface area contributed by atoms with Gasteiger partial charge in [-0.1, -0.05) is 6.07 Å². The van der Waals surface area contributed by atoms with E-state index in [0.29, 0.717) is 19.8 Å². The second-order valence-corrected chi connectivity index (χ2v) is 3.66. The molecule has 2 rings (SSSR count). The fourth-order valence-electron chi connectivity index (χ4n) is 1.26. The Balaban J connectivity index is 2.10. The topological polar surface area (TPSA) is 31.4 Å². The fraction of sp³-hybridized carbons (Fsp3) is 0.444. The summed E-state index contributed by atoms with van der Waals surface area (Å²) in [6.45, 7) is 1.99. The van der Waals surface area contributed by atoms with E-state index >= 15 is 0 Å². The molecule has 1 aliphatic heterocycles. The third kappa shape index (κ3) is 2.27. The molecular weight excluding hydrogens is 234 g/mol. The summed E-state index contributed by atoms with van der Waals surface area (Å²) < 4.78 is 11.7. The molecule has 0 spiro atoms. The highest BCUT2D eigenvalue weighted by atomic mass is 79.9. The quantitative estimate of drug-likeness (QED) is 0.707. The third-order valence-corrected chi connectivity index (χ3v) is 2.41. The van der Waals surface area contributed by atoms with Gasteiger partial charge in [-0.2, -0.15) is 0 Å². The smallest absolute Gasteiger partial charge is 0.107 e. The van der Waals surface area contributed by atoms with Crippen molar-refractivity contribution in [2.75, 3.05) is 19.8 Å². The molecule has 0 aliphatic carbocycles. The third-order valence-electron chi connectivity index (χ3n) is 1.94. The molecule has 1 fully saturated rings. The normalized spacial score (nSPS) is 23.0. The van der Waals surface area contributed by atoms with Crippen molar-refractivity contribution in [3.8, 4) is 0 Å². The molecule has 0 aromatic carbocycles. The lowest BCUT2D eigenvalue weighted by Gasteiger charge is -2.22. The molecular formula is C9H10BrNO2. The Hall–Kier alpha value is -0.450. The Bertz CT molecular complexity index is 269. The summed E-state index contributed by atoms with van der Waals surface area (Å²) >= 11 is 3.29. The van der Waals surface area contributed by atoms with Crippen LogP contribution < -0.4 is 0 Å². The highest BCUT2D eigenvalue weighted by Gasteiger charge is 2.16. The van der Waals surface area contributed by atoms with E-state index in [1.807, 2.05) is 18.3 Å². The molecule has 13 heavy (non-hydrogen) atoms. The summed E-state index contributed by atoms with van der Waals surface area (Å²) in [4.78, 5) is 4.14. The summed E-state index contributed by atoms with van der Waals surface area (Å²) in [6, 6.07) is 3.91. The Morgan fingerprint density at radius 3 is 2.92 bits per heavy atom. The van der Waals surface area contributed by atoms with Gasteiger partial charge >= 0.3 is 0 Å². The molecule has 0 saturated carbocycles. The summed E-state index contributed by atoms with van der Waals surface area (Å²) in [5.74, 6) is 0. The lowest BCUT2D eigenvalue weighted by Crippen LogP contribution is -2.21. The van der Waals surface area contributed by atoms with Crippen molar-refractivity contribution < 1.29 is 9.47 Å². The van der Waals surface area contributed by atoms with Gasteiger partial charge in [0.05, 0.1) is 19.8 Å². The maximum atomic E-state index is 5.52. The number of ether oxygens (including phenoxy) is 2. The standard InChI is InChI=1S/C9H10BrNO2/c10-9-2-1-7(5-11-9)8-6-12-3-4-13-8/h1-2,5,8H,3-4,6H2. The highest BCUT2D eigenvalue weighted by molar-refractivity contribution is 9.10. The van der Waals surface area contributed by atoms with Crippen molar-refractivity contribution in [1.29, 1.82) is 0 Å². The zero-order valence-corrected chi connectivity index (χ0v) is 8.66. The van der Waals surface area contributed by atoms with Crippen LogP contribution in [0.2, 0.25) is 0 Å². The van der Waals surface area contributed by atoms with Crippen molar-refractivity contribution in [2.24, 2.45) is 0 Å². The predicted molar refractivity (Wildman–Crippen MR) is 51.4 cm³/mol. The lowest BCUT2D eigenvalue weighted by molar-refractivity contribution is -0.0902. The van der Waals surface area contributed by atoms with Crippen LogP contribution in [0.15, 0.2) is 22.9 Å². The van der Waals surface area contributed by atoms with Gasteiger partial charge < -0.3 is 9.47 Å².